The Morgan fingerprint density at radius 2 is 1.87 bits per heavy atom. The third kappa shape index (κ3) is 8.81. The Hall–Kier alpha value is -4.83. The maximum absolute atomic E-state index is 14.9. The van der Waals surface area contributed by atoms with Crippen LogP contribution < -0.4 is 19.5 Å². The fourth-order valence-electron chi connectivity index (χ4n) is 8.76. The maximum Gasteiger partial charge on any atom is 0.259 e. The molecule has 4 fully saturated rings. The fourth-order valence-corrected chi connectivity index (χ4v) is 10.4. The molecule has 14 nitrogen and oxygen atoms in total. The van der Waals surface area contributed by atoms with E-state index in [0.717, 1.165) is 12.8 Å². The molecule has 320 valence electrons. The van der Waals surface area contributed by atoms with Crippen LogP contribution in [-0.4, -0.2) is 108 Å². The molecule has 4 amide bonds. The van der Waals surface area contributed by atoms with Crippen molar-refractivity contribution in [3.05, 3.63) is 59.8 Å². The number of likely N-dealkylation sites (tertiary alicyclic amines) is 1. The van der Waals surface area contributed by atoms with Crippen molar-refractivity contribution in [1.82, 2.24) is 29.8 Å². The molecule has 2 aliphatic carbocycles. The van der Waals surface area contributed by atoms with Crippen LogP contribution in [0.1, 0.15) is 77.0 Å². The molecule has 6 atom stereocenters. The van der Waals surface area contributed by atoms with E-state index in [1.807, 2.05) is 18.2 Å². The van der Waals surface area contributed by atoms with Crippen LogP contribution in [0.25, 0.3) is 22.3 Å². The number of sulfonamides is 1. The molecular formula is C43H50ClFN6O8S. The highest BCUT2D eigenvalue weighted by Gasteiger charge is 2.62. The van der Waals surface area contributed by atoms with Crippen LogP contribution in [0.4, 0.5) is 4.39 Å². The lowest BCUT2D eigenvalue weighted by atomic mass is 9.94. The van der Waals surface area contributed by atoms with E-state index in [1.165, 1.54) is 16.9 Å². The Kier molecular flexibility index (Phi) is 12.1. The minimum Gasteiger partial charge on any atom is -0.495 e. The second-order valence-electron chi connectivity index (χ2n) is 16.7. The van der Waals surface area contributed by atoms with E-state index in [2.05, 4.69) is 15.0 Å². The molecule has 2 saturated heterocycles. The Morgan fingerprint density at radius 3 is 2.62 bits per heavy atom. The highest BCUT2D eigenvalue weighted by atomic mass is 35.5. The van der Waals surface area contributed by atoms with Gasteiger partial charge in [0.15, 0.2) is 0 Å². The fraction of sp³-hybridized carbons (Fsp3) is 0.535. The summed E-state index contributed by atoms with van der Waals surface area (Å²) in [5, 5.41) is 3.06. The summed E-state index contributed by atoms with van der Waals surface area (Å²) in [4.78, 5) is 69.2. The average molecular weight is 865 g/mol. The van der Waals surface area contributed by atoms with Crippen LogP contribution in [-0.2, 0) is 29.2 Å². The minimum absolute atomic E-state index is 0.0130. The number of halogens is 2. The highest BCUT2D eigenvalue weighted by molar-refractivity contribution is 7.91. The van der Waals surface area contributed by atoms with Crippen molar-refractivity contribution in [2.45, 2.75) is 106 Å². The molecule has 3 aromatic rings. The van der Waals surface area contributed by atoms with Crippen molar-refractivity contribution in [3.8, 4) is 22.9 Å². The highest BCUT2D eigenvalue weighted by Crippen LogP contribution is 2.46. The van der Waals surface area contributed by atoms with Crippen molar-refractivity contribution in [1.29, 1.82) is 0 Å². The van der Waals surface area contributed by atoms with Gasteiger partial charge in [0.1, 0.15) is 40.4 Å². The summed E-state index contributed by atoms with van der Waals surface area (Å²) in [5.41, 5.74) is -0.129. The van der Waals surface area contributed by atoms with Gasteiger partial charge in [-0.3, -0.25) is 28.9 Å². The summed E-state index contributed by atoms with van der Waals surface area (Å²) in [5.74, 6) is -2.65. The molecule has 0 spiro atoms. The van der Waals surface area contributed by atoms with Gasteiger partial charge in [-0.15, -0.1) is 0 Å². The molecule has 60 heavy (non-hydrogen) atoms. The lowest BCUT2D eigenvalue weighted by molar-refractivity contribution is -0.146. The lowest BCUT2D eigenvalue weighted by Gasteiger charge is -2.32. The number of rotatable bonds is 9. The topological polar surface area (TPSA) is 177 Å². The van der Waals surface area contributed by atoms with E-state index < -0.39 is 68.7 Å². The van der Waals surface area contributed by atoms with Crippen molar-refractivity contribution >= 4 is 56.2 Å². The van der Waals surface area contributed by atoms with Gasteiger partial charge in [-0.1, -0.05) is 42.7 Å². The first-order valence-electron chi connectivity index (χ1n) is 20.9. The van der Waals surface area contributed by atoms with E-state index >= 15 is 0 Å². The number of methoxy groups -OCH3 is 1. The molecular weight excluding hydrogens is 815 g/mol. The van der Waals surface area contributed by atoms with Gasteiger partial charge in [0.2, 0.25) is 27.7 Å². The largest absolute Gasteiger partial charge is 0.495 e. The molecule has 2 aromatic heterocycles. The average Bonchev–Trinajstić information content (AvgIpc) is 4.17. The second kappa shape index (κ2) is 17.3. The summed E-state index contributed by atoms with van der Waals surface area (Å²) < 4.78 is 54.7. The molecule has 17 heteroatoms. The third-order valence-corrected chi connectivity index (χ3v) is 14.6. The van der Waals surface area contributed by atoms with E-state index in [9.17, 15) is 32.0 Å². The first-order chi connectivity index (χ1) is 28.9. The number of carbonyl (C=O) groups is 4. The molecule has 1 aromatic carbocycles. The van der Waals surface area contributed by atoms with E-state index in [1.54, 1.807) is 36.5 Å². The Morgan fingerprint density at radius 1 is 1.03 bits per heavy atom. The molecule has 1 unspecified atom stereocenters. The summed E-state index contributed by atoms with van der Waals surface area (Å²) in [7, 11) is -2.43. The first kappa shape index (κ1) is 41.9. The number of hydrogen-bond donors (Lipinski definition) is 2. The number of aromatic nitrogens is 2. The number of benzene rings is 1. The number of nitrogens with zero attached hydrogens (tertiary/aromatic N) is 4. The SMILES string of the molecule is COc1ccc2c(O[C@@H]3C[C@H]4C(=O)N[C@]5(C(=O)NS(=O)(=O)C6CC6)C[C@H]5/C=C\CCCCC[C@H](CC(=O)N5CCCC(F)C5)C(=O)N4C3)cc(-c3ccccn3)nc2c1Cl. The van der Waals surface area contributed by atoms with Gasteiger partial charge in [0.05, 0.1) is 42.4 Å². The number of piperidine rings is 1. The van der Waals surface area contributed by atoms with Crippen LogP contribution >= 0.6 is 11.6 Å². The number of hydrogen-bond acceptors (Lipinski definition) is 10. The van der Waals surface area contributed by atoms with Crippen molar-refractivity contribution in [2.75, 3.05) is 26.7 Å². The van der Waals surface area contributed by atoms with Crippen molar-refractivity contribution in [2.24, 2.45) is 11.8 Å². The molecule has 3 aliphatic heterocycles. The number of pyridine rings is 2. The standard InChI is InChI=1S/C43H50ClFN6O8S/c1-58-35-17-16-31-36(22-33(47-39(31)38(35)44)32-13-7-8-18-46-32)59-29-21-34-40(53)48-43(42(55)49-60(56,57)30-14-15-30)23-27(43)11-6-4-2-3-5-10-26(41(54)51(34)25-29)20-37(52)50-19-9-12-28(45)24-50/h6-8,11,13,16-18,22,26-30,34H,2-5,9-10,12,14-15,19-21,23-25H2,1H3,(H,48,53)(H,49,55)/b11-6-/t26-,27-,28?,29-,34+,43-/m1/s1. The minimum atomic E-state index is -3.93. The van der Waals surface area contributed by atoms with Crippen LogP contribution in [0.3, 0.4) is 0 Å². The Bertz CT molecular complexity index is 2300. The summed E-state index contributed by atoms with van der Waals surface area (Å²) in [6, 6.07) is 9.44. The van der Waals surface area contributed by atoms with Gasteiger partial charge in [-0.25, -0.2) is 17.8 Å². The molecule has 0 bridgehead atoms. The van der Waals surface area contributed by atoms with Crippen LogP contribution in [0.2, 0.25) is 5.02 Å². The molecule has 0 radical (unpaired) electrons. The number of carbonyl (C=O) groups excluding carboxylic acids is 4. The number of fused-ring (bicyclic) bond motifs is 3. The van der Waals surface area contributed by atoms with Crippen LogP contribution in [0, 0.1) is 11.8 Å². The monoisotopic (exact) mass is 864 g/mol. The predicted octanol–water partition coefficient (Wildman–Crippen LogP) is 5.28. The van der Waals surface area contributed by atoms with Gasteiger partial charge in [0.25, 0.3) is 5.91 Å². The van der Waals surface area contributed by atoms with Gasteiger partial charge in [-0.2, -0.15) is 0 Å². The number of allylic oxidation sites excluding steroid dienone is 1. The molecule has 5 aliphatic rings. The summed E-state index contributed by atoms with van der Waals surface area (Å²) in [6.45, 7) is 0.354. The number of ether oxygens (including phenoxy) is 2. The van der Waals surface area contributed by atoms with Crippen LogP contribution in [0.15, 0.2) is 54.7 Å². The molecule has 2 saturated carbocycles. The maximum atomic E-state index is 14.9. The van der Waals surface area contributed by atoms with Gasteiger partial charge in [-0.05, 0) is 75.6 Å². The molecule has 2 N–H and O–H groups in total. The van der Waals surface area contributed by atoms with Gasteiger partial charge >= 0.3 is 0 Å². The lowest BCUT2D eigenvalue weighted by Crippen LogP contribution is -2.57. The van der Waals surface area contributed by atoms with E-state index in [4.69, 9.17) is 26.1 Å². The number of alkyl halides is 1. The first-order valence-corrected chi connectivity index (χ1v) is 22.8. The zero-order chi connectivity index (χ0) is 42.2. The van der Waals surface area contributed by atoms with Crippen molar-refractivity contribution in [3.63, 3.8) is 0 Å². The van der Waals surface area contributed by atoms with Crippen molar-refractivity contribution < 1.29 is 41.5 Å². The summed E-state index contributed by atoms with van der Waals surface area (Å²) in [6.07, 6.45) is 8.72. The quantitative estimate of drug-likeness (QED) is 0.269. The number of amides is 4. The molecule has 8 rings (SSSR count). The zero-order valence-electron chi connectivity index (χ0n) is 33.5. The van der Waals surface area contributed by atoms with E-state index in [-0.39, 0.29) is 43.3 Å². The Balaban J connectivity index is 1.13. The predicted molar refractivity (Wildman–Crippen MR) is 221 cm³/mol. The smallest absolute Gasteiger partial charge is 0.259 e. The van der Waals surface area contributed by atoms with Gasteiger partial charge in [0, 0.05) is 48.9 Å². The summed E-state index contributed by atoms with van der Waals surface area (Å²) >= 11 is 6.80. The Labute approximate surface area is 353 Å². The zero-order valence-corrected chi connectivity index (χ0v) is 35.1. The number of nitrogens with one attached hydrogen (secondary N) is 2. The van der Waals surface area contributed by atoms with Crippen LogP contribution in [0.5, 0.6) is 11.5 Å². The third-order valence-electron chi connectivity index (χ3n) is 12.4. The van der Waals surface area contributed by atoms with Gasteiger partial charge < -0.3 is 24.6 Å². The second-order valence-corrected chi connectivity index (χ2v) is 19.0. The van der Waals surface area contributed by atoms with E-state index in [0.29, 0.717) is 85.3 Å². The molecule has 5 heterocycles. The normalized spacial score (nSPS) is 28.1.